The van der Waals surface area contributed by atoms with E-state index in [2.05, 4.69) is 24.4 Å². The van der Waals surface area contributed by atoms with E-state index in [4.69, 9.17) is 0 Å². The molecule has 1 saturated heterocycles. The zero-order valence-corrected chi connectivity index (χ0v) is 15.1. The molecule has 26 heavy (non-hydrogen) atoms. The van der Waals surface area contributed by atoms with Crippen molar-refractivity contribution in [3.8, 4) is 0 Å². The van der Waals surface area contributed by atoms with Gasteiger partial charge in [-0.15, -0.1) is 0 Å². The first-order valence-electron chi connectivity index (χ1n) is 9.08. The molecule has 1 fully saturated rings. The smallest absolute Gasteiger partial charge is 0.317 e. The number of nitrogens with zero attached hydrogens (tertiary/aromatic N) is 2. The number of amides is 3. The van der Waals surface area contributed by atoms with Crippen LogP contribution in [0.4, 0.5) is 16.2 Å². The molecule has 0 aliphatic carbocycles. The highest BCUT2D eigenvalue weighted by Gasteiger charge is 2.40. The van der Waals surface area contributed by atoms with Gasteiger partial charge < -0.3 is 15.1 Å². The average Bonchev–Trinajstić information content (AvgIpc) is 3.03. The number of urea groups is 1. The van der Waals surface area contributed by atoms with Crippen LogP contribution < -0.4 is 10.2 Å². The van der Waals surface area contributed by atoms with E-state index in [1.165, 1.54) is 5.56 Å². The van der Waals surface area contributed by atoms with Crippen LogP contribution in [-0.4, -0.2) is 29.9 Å². The molecule has 2 unspecified atom stereocenters. The summed E-state index contributed by atoms with van der Waals surface area (Å²) in [6.07, 6.45) is 0.825. The van der Waals surface area contributed by atoms with Gasteiger partial charge in [0.1, 0.15) is 0 Å². The molecule has 2 aliphatic rings. The van der Waals surface area contributed by atoms with Crippen molar-refractivity contribution >= 4 is 23.3 Å². The van der Waals surface area contributed by atoms with Gasteiger partial charge in [0.2, 0.25) is 5.91 Å². The molecule has 0 aromatic heterocycles. The van der Waals surface area contributed by atoms with Gasteiger partial charge in [0, 0.05) is 31.4 Å². The Kier molecular flexibility index (Phi) is 4.15. The molecule has 0 radical (unpaired) electrons. The minimum Gasteiger partial charge on any atom is -0.317 e. The van der Waals surface area contributed by atoms with Crippen molar-refractivity contribution in [1.82, 2.24) is 4.90 Å². The first-order valence-corrected chi connectivity index (χ1v) is 9.08. The molecule has 134 valence electrons. The van der Waals surface area contributed by atoms with Crippen molar-refractivity contribution in [2.24, 2.45) is 5.92 Å². The van der Waals surface area contributed by atoms with Crippen molar-refractivity contribution in [1.29, 1.82) is 0 Å². The Morgan fingerprint density at radius 2 is 1.88 bits per heavy atom. The fourth-order valence-corrected chi connectivity index (χ4v) is 4.06. The zero-order valence-electron chi connectivity index (χ0n) is 15.1. The average molecular weight is 349 g/mol. The molecule has 2 heterocycles. The van der Waals surface area contributed by atoms with Gasteiger partial charge in [-0.3, -0.25) is 4.79 Å². The number of fused-ring (bicyclic) bond motifs is 1. The molecule has 4 rings (SSSR count). The number of rotatable bonds is 2. The number of likely N-dealkylation sites (tertiary alicyclic amines) is 1. The summed E-state index contributed by atoms with van der Waals surface area (Å²) >= 11 is 0. The Morgan fingerprint density at radius 1 is 1.12 bits per heavy atom. The third kappa shape index (κ3) is 2.83. The largest absolute Gasteiger partial charge is 0.322 e. The molecule has 2 aromatic carbocycles. The number of hydrogen-bond donors (Lipinski definition) is 1. The molecule has 1 N–H and O–H groups in total. The van der Waals surface area contributed by atoms with E-state index in [1.807, 2.05) is 41.3 Å². The number of carbonyl (C=O) groups is 2. The van der Waals surface area contributed by atoms with Gasteiger partial charge in [-0.25, -0.2) is 4.79 Å². The van der Waals surface area contributed by atoms with Crippen molar-refractivity contribution < 1.29 is 9.59 Å². The summed E-state index contributed by atoms with van der Waals surface area (Å²) in [7, 11) is 0. The predicted molar refractivity (Wildman–Crippen MR) is 102 cm³/mol. The Labute approximate surface area is 153 Å². The van der Waals surface area contributed by atoms with Crippen LogP contribution in [0.1, 0.15) is 31.0 Å². The Hall–Kier alpha value is -2.82. The molecule has 2 aromatic rings. The standard InChI is InChI=1S/C21H23N3O2/c1-14-13-24(20(14)16-6-4-3-5-7-16)21(26)22-18-8-9-19-17(12-18)10-11-23(19)15(2)25/h3-9,12,14,20H,10-11,13H2,1-2H3,(H,22,26). The lowest BCUT2D eigenvalue weighted by atomic mass is 9.85. The number of benzene rings is 2. The van der Waals surface area contributed by atoms with Crippen LogP contribution in [0.15, 0.2) is 48.5 Å². The number of anilines is 2. The van der Waals surface area contributed by atoms with Crippen LogP contribution >= 0.6 is 0 Å². The fraction of sp³-hybridized carbons (Fsp3) is 0.333. The molecule has 5 nitrogen and oxygen atoms in total. The summed E-state index contributed by atoms with van der Waals surface area (Å²) in [5.74, 6) is 0.508. The second-order valence-electron chi connectivity index (χ2n) is 7.18. The molecular weight excluding hydrogens is 326 g/mol. The SMILES string of the molecule is CC(=O)N1CCc2cc(NC(=O)N3CC(C)C3c3ccccc3)ccc21. The lowest BCUT2D eigenvalue weighted by Crippen LogP contribution is -2.53. The molecule has 0 saturated carbocycles. The van der Waals surface area contributed by atoms with E-state index in [0.717, 1.165) is 29.9 Å². The highest BCUT2D eigenvalue weighted by atomic mass is 16.2. The van der Waals surface area contributed by atoms with E-state index in [-0.39, 0.29) is 18.0 Å². The van der Waals surface area contributed by atoms with Crippen LogP contribution in [0.5, 0.6) is 0 Å². The van der Waals surface area contributed by atoms with Gasteiger partial charge >= 0.3 is 6.03 Å². The van der Waals surface area contributed by atoms with Crippen LogP contribution in [0.2, 0.25) is 0 Å². The van der Waals surface area contributed by atoms with Gasteiger partial charge in [0.05, 0.1) is 6.04 Å². The van der Waals surface area contributed by atoms with Gasteiger partial charge in [-0.2, -0.15) is 0 Å². The molecule has 0 spiro atoms. The normalized spacial score (nSPS) is 21.2. The molecule has 5 heteroatoms. The summed E-state index contributed by atoms with van der Waals surface area (Å²) in [4.78, 5) is 28.1. The van der Waals surface area contributed by atoms with Crippen LogP contribution in [-0.2, 0) is 11.2 Å². The topological polar surface area (TPSA) is 52.7 Å². The number of carbonyl (C=O) groups excluding carboxylic acids is 2. The second kappa shape index (κ2) is 6.48. The monoisotopic (exact) mass is 349 g/mol. The zero-order chi connectivity index (χ0) is 18.3. The molecule has 2 atom stereocenters. The summed E-state index contributed by atoms with van der Waals surface area (Å²) in [6, 6.07) is 16.0. The maximum absolute atomic E-state index is 12.7. The van der Waals surface area contributed by atoms with E-state index in [1.54, 1.807) is 11.8 Å². The Bertz CT molecular complexity index is 850. The quantitative estimate of drug-likeness (QED) is 0.896. The summed E-state index contributed by atoms with van der Waals surface area (Å²) < 4.78 is 0. The summed E-state index contributed by atoms with van der Waals surface area (Å²) in [5, 5.41) is 3.02. The lowest BCUT2D eigenvalue weighted by molar-refractivity contribution is -0.116. The lowest BCUT2D eigenvalue weighted by Gasteiger charge is -2.46. The summed E-state index contributed by atoms with van der Waals surface area (Å²) in [6.45, 7) is 5.23. The number of hydrogen-bond acceptors (Lipinski definition) is 2. The maximum Gasteiger partial charge on any atom is 0.322 e. The maximum atomic E-state index is 12.7. The minimum absolute atomic E-state index is 0.0563. The van der Waals surface area contributed by atoms with Crippen molar-refractivity contribution in [3.63, 3.8) is 0 Å². The third-order valence-corrected chi connectivity index (χ3v) is 5.37. The van der Waals surface area contributed by atoms with Crippen LogP contribution in [0.25, 0.3) is 0 Å². The predicted octanol–water partition coefficient (Wildman–Crippen LogP) is 3.82. The molecule has 0 bridgehead atoms. The van der Waals surface area contributed by atoms with Gasteiger partial charge in [-0.05, 0) is 41.7 Å². The minimum atomic E-state index is -0.0710. The molecule has 3 amide bonds. The van der Waals surface area contributed by atoms with Crippen molar-refractivity contribution in [2.75, 3.05) is 23.3 Å². The Morgan fingerprint density at radius 3 is 2.58 bits per heavy atom. The van der Waals surface area contributed by atoms with E-state index >= 15 is 0 Å². The molecule has 2 aliphatic heterocycles. The highest BCUT2D eigenvalue weighted by Crippen LogP contribution is 2.39. The van der Waals surface area contributed by atoms with Crippen LogP contribution in [0.3, 0.4) is 0 Å². The third-order valence-electron chi connectivity index (χ3n) is 5.37. The first-order chi connectivity index (χ1) is 12.5. The van der Waals surface area contributed by atoms with Crippen molar-refractivity contribution in [2.45, 2.75) is 26.3 Å². The molecular formula is C21H23N3O2. The Balaban J connectivity index is 1.48. The van der Waals surface area contributed by atoms with Crippen LogP contribution in [0, 0.1) is 5.92 Å². The second-order valence-corrected chi connectivity index (χ2v) is 7.18. The van der Waals surface area contributed by atoms with E-state index in [9.17, 15) is 9.59 Å². The van der Waals surface area contributed by atoms with Gasteiger partial charge in [-0.1, -0.05) is 37.3 Å². The highest BCUT2D eigenvalue weighted by molar-refractivity contribution is 5.95. The van der Waals surface area contributed by atoms with Gasteiger partial charge in [0.25, 0.3) is 0 Å². The van der Waals surface area contributed by atoms with Gasteiger partial charge in [0.15, 0.2) is 0 Å². The summed E-state index contributed by atoms with van der Waals surface area (Å²) in [5.41, 5.74) is 4.02. The van der Waals surface area contributed by atoms with Crippen molar-refractivity contribution in [3.05, 3.63) is 59.7 Å². The number of nitrogens with one attached hydrogen (secondary N) is 1. The fourth-order valence-electron chi connectivity index (χ4n) is 4.06. The first kappa shape index (κ1) is 16.6. The van der Waals surface area contributed by atoms with E-state index in [0.29, 0.717) is 12.5 Å². The van der Waals surface area contributed by atoms with E-state index < -0.39 is 0 Å².